The average molecular weight is 305 g/mol. The van der Waals surface area contributed by atoms with E-state index in [0.717, 1.165) is 11.1 Å². The predicted molar refractivity (Wildman–Crippen MR) is 91.5 cm³/mol. The molecular weight excluding hydrogens is 289 g/mol. The van der Waals surface area contributed by atoms with E-state index in [-0.39, 0.29) is 11.5 Å². The third kappa shape index (κ3) is 3.11. The predicted octanol–water partition coefficient (Wildman–Crippen LogP) is 4.28. The van der Waals surface area contributed by atoms with Gasteiger partial charge in [0.05, 0.1) is 11.9 Å². The van der Waals surface area contributed by atoms with Crippen molar-refractivity contribution >= 4 is 17.2 Å². The van der Waals surface area contributed by atoms with Crippen LogP contribution in [0.25, 0.3) is 0 Å². The number of hydrogen-bond acceptors (Lipinski definition) is 3. The summed E-state index contributed by atoms with van der Waals surface area (Å²) < 4.78 is 14.4. The fraction of sp³-hybridized carbons (Fsp3) is 0.0526. The number of aromatic nitrogens is 1. The maximum atomic E-state index is 14.4. The zero-order chi connectivity index (χ0) is 16.2. The molecule has 0 fully saturated rings. The van der Waals surface area contributed by atoms with Gasteiger partial charge in [-0.05, 0) is 6.92 Å². The first-order valence-corrected chi connectivity index (χ1v) is 7.27. The van der Waals surface area contributed by atoms with Crippen molar-refractivity contribution < 1.29 is 4.39 Å². The Kier molecular flexibility index (Phi) is 4.15. The van der Waals surface area contributed by atoms with Gasteiger partial charge in [-0.15, -0.1) is 0 Å². The number of rotatable bonds is 3. The Morgan fingerprint density at radius 3 is 2.00 bits per heavy atom. The summed E-state index contributed by atoms with van der Waals surface area (Å²) in [5.74, 6) is -0.260. The second-order valence-electron chi connectivity index (χ2n) is 5.16. The second-order valence-corrected chi connectivity index (χ2v) is 5.16. The Balaban J connectivity index is 2.19. The van der Waals surface area contributed by atoms with E-state index in [0.29, 0.717) is 11.3 Å². The van der Waals surface area contributed by atoms with Crippen LogP contribution in [0.3, 0.4) is 0 Å². The first kappa shape index (κ1) is 14.9. The number of pyridine rings is 1. The number of nitrogen functional groups attached to an aromatic ring is 1. The van der Waals surface area contributed by atoms with Crippen LogP contribution in [0.15, 0.2) is 71.9 Å². The summed E-state index contributed by atoms with van der Waals surface area (Å²) in [7, 11) is 0. The van der Waals surface area contributed by atoms with Gasteiger partial charge in [0.15, 0.2) is 5.82 Å². The van der Waals surface area contributed by atoms with Gasteiger partial charge in [0.2, 0.25) is 0 Å². The van der Waals surface area contributed by atoms with Gasteiger partial charge in [-0.1, -0.05) is 60.7 Å². The summed E-state index contributed by atoms with van der Waals surface area (Å²) in [6, 6.07) is 19.4. The number of aliphatic imine (C=N–C) groups is 1. The summed E-state index contributed by atoms with van der Waals surface area (Å²) >= 11 is 0. The fourth-order valence-electron chi connectivity index (χ4n) is 2.27. The molecule has 2 N–H and O–H groups in total. The van der Waals surface area contributed by atoms with Crippen molar-refractivity contribution in [2.24, 2.45) is 4.99 Å². The highest BCUT2D eigenvalue weighted by Gasteiger charge is 2.12. The van der Waals surface area contributed by atoms with Crippen molar-refractivity contribution in [1.82, 2.24) is 4.98 Å². The van der Waals surface area contributed by atoms with Crippen molar-refractivity contribution in [1.29, 1.82) is 0 Å². The van der Waals surface area contributed by atoms with Crippen LogP contribution < -0.4 is 5.73 Å². The van der Waals surface area contributed by atoms with Crippen LogP contribution in [0.4, 0.5) is 15.9 Å². The van der Waals surface area contributed by atoms with Crippen LogP contribution in [-0.4, -0.2) is 10.7 Å². The number of nitrogens with two attached hydrogens (primary N) is 1. The molecule has 114 valence electrons. The highest BCUT2D eigenvalue weighted by Crippen LogP contribution is 2.25. The quantitative estimate of drug-likeness (QED) is 0.734. The molecule has 0 aliphatic rings. The minimum Gasteiger partial charge on any atom is -0.383 e. The minimum absolute atomic E-state index is 0.180. The molecule has 1 aromatic heterocycles. The molecule has 0 saturated heterocycles. The molecule has 3 rings (SSSR count). The van der Waals surface area contributed by atoms with Gasteiger partial charge in [-0.2, -0.15) is 0 Å². The summed E-state index contributed by atoms with van der Waals surface area (Å²) in [6.07, 6.45) is 1.36. The first-order valence-electron chi connectivity index (χ1n) is 7.27. The van der Waals surface area contributed by atoms with Gasteiger partial charge in [0.25, 0.3) is 0 Å². The van der Waals surface area contributed by atoms with Crippen LogP contribution >= 0.6 is 0 Å². The van der Waals surface area contributed by atoms with Gasteiger partial charge >= 0.3 is 0 Å². The number of hydrogen-bond donors (Lipinski definition) is 1. The zero-order valence-electron chi connectivity index (χ0n) is 12.7. The van der Waals surface area contributed by atoms with E-state index in [1.165, 1.54) is 6.20 Å². The van der Waals surface area contributed by atoms with Gasteiger partial charge in [-0.3, -0.25) is 0 Å². The monoisotopic (exact) mass is 305 g/mol. The molecule has 0 atom stereocenters. The number of nitrogens with zero attached hydrogens (tertiary/aromatic N) is 2. The van der Waals surface area contributed by atoms with Gasteiger partial charge in [0.1, 0.15) is 11.5 Å². The molecule has 0 bridgehead atoms. The van der Waals surface area contributed by atoms with E-state index in [1.54, 1.807) is 6.92 Å². The summed E-state index contributed by atoms with van der Waals surface area (Å²) in [6.45, 7) is 1.60. The minimum atomic E-state index is -0.443. The van der Waals surface area contributed by atoms with Gasteiger partial charge in [-0.25, -0.2) is 14.4 Å². The van der Waals surface area contributed by atoms with Gasteiger partial charge < -0.3 is 5.73 Å². The van der Waals surface area contributed by atoms with Crippen LogP contribution in [0.2, 0.25) is 0 Å². The lowest BCUT2D eigenvalue weighted by atomic mass is 10.0. The summed E-state index contributed by atoms with van der Waals surface area (Å²) in [5.41, 5.74) is 8.65. The smallest absolute Gasteiger partial charge is 0.156 e. The number of halogens is 1. The van der Waals surface area contributed by atoms with E-state index in [1.807, 2.05) is 60.7 Å². The maximum absolute atomic E-state index is 14.4. The molecule has 0 saturated carbocycles. The lowest BCUT2D eigenvalue weighted by Crippen LogP contribution is -2.04. The van der Waals surface area contributed by atoms with E-state index in [2.05, 4.69) is 9.98 Å². The molecule has 0 spiro atoms. The van der Waals surface area contributed by atoms with Crippen LogP contribution in [-0.2, 0) is 0 Å². The standard InChI is InChI=1S/C19H16FN3/c1-13-17(20)16(12-22-19(13)21)23-18(14-8-4-2-5-9-14)15-10-6-3-7-11-15/h2-12H,1H3,(H2,21,22). The zero-order valence-corrected chi connectivity index (χ0v) is 12.7. The lowest BCUT2D eigenvalue weighted by Gasteiger charge is -2.09. The van der Waals surface area contributed by atoms with Crippen molar-refractivity contribution in [3.05, 3.63) is 89.4 Å². The summed E-state index contributed by atoms with van der Waals surface area (Å²) in [5, 5.41) is 0. The fourth-order valence-corrected chi connectivity index (χ4v) is 2.27. The first-order chi connectivity index (χ1) is 11.2. The van der Waals surface area contributed by atoms with Crippen LogP contribution in [0.1, 0.15) is 16.7 Å². The lowest BCUT2D eigenvalue weighted by molar-refractivity contribution is 0.619. The van der Waals surface area contributed by atoms with E-state index >= 15 is 0 Å². The Labute approximate surface area is 134 Å². The summed E-state index contributed by atoms with van der Waals surface area (Å²) in [4.78, 5) is 8.53. The van der Waals surface area contributed by atoms with Crippen LogP contribution in [0.5, 0.6) is 0 Å². The Hall–Kier alpha value is -3.01. The normalized spacial score (nSPS) is 10.3. The van der Waals surface area contributed by atoms with E-state index < -0.39 is 5.82 Å². The molecular formula is C19H16FN3. The maximum Gasteiger partial charge on any atom is 0.156 e. The highest BCUT2D eigenvalue weighted by molar-refractivity contribution is 6.13. The molecule has 2 aromatic carbocycles. The topological polar surface area (TPSA) is 51.3 Å². The molecule has 0 amide bonds. The van der Waals surface area contributed by atoms with E-state index in [4.69, 9.17) is 5.73 Å². The third-order valence-electron chi connectivity index (χ3n) is 3.59. The molecule has 23 heavy (non-hydrogen) atoms. The van der Waals surface area contributed by atoms with Crippen LogP contribution in [0, 0.1) is 12.7 Å². The SMILES string of the molecule is Cc1c(N)ncc(N=C(c2ccccc2)c2ccccc2)c1F. The van der Waals surface area contributed by atoms with E-state index in [9.17, 15) is 4.39 Å². The molecule has 0 unspecified atom stereocenters. The Morgan fingerprint density at radius 2 is 1.48 bits per heavy atom. The molecule has 0 aliphatic heterocycles. The molecule has 3 aromatic rings. The molecule has 4 heteroatoms. The number of anilines is 1. The molecule has 0 aliphatic carbocycles. The largest absolute Gasteiger partial charge is 0.383 e. The molecule has 0 radical (unpaired) electrons. The van der Waals surface area contributed by atoms with Crippen molar-refractivity contribution in [3.8, 4) is 0 Å². The second kappa shape index (κ2) is 6.40. The Bertz CT molecular complexity index is 802. The van der Waals surface area contributed by atoms with Gasteiger partial charge in [0, 0.05) is 16.7 Å². The molecule has 3 nitrogen and oxygen atoms in total. The Morgan fingerprint density at radius 1 is 0.957 bits per heavy atom. The average Bonchev–Trinajstić information content (AvgIpc) is 2.61. The van der Waals surface area contributed by atoms with Crippen molar-refractivity contribution in [2.45, 2.75) is 6.92 Å². The molecule has 1 heterocycles. The van der Waals surface area contributed by atoms with Crippen molar-refractivity contribution in [3.63, 3.8) is 0 Å². The highest BCUT2D eigenvalue weighted by atomic mass is 19.1. The van der Waals surface area contributed by atoms with Crippen molar-refractivity contribution in [2.75, 3.05) is 5.73 Å². The number of benzene rings is 2. The third-order valence-corrected chi connectivity index (χ3v) is 3.59.